The van der Waals surface area contributed by atoms with Crippen molar-refractivity contribution in [1.82, 2.24) is 29.1 Å². The lowest BCUT2D eigenvalue weighted by molar-refractivity contribution is -0.143. The SMILES string of the molecule is Cn1c(-c2cc(OCCOCCOCC(=O)O)cc(C(=O)O)n2)nc2cc(Cc3ccc4c(c3)nc(-c3cc(OCCOCCOCC(=O)O)cc(C(=O)O)n3)n4C)ccc21. The first-order chi connectivity index (χ1) is 29.4. The molecule has 0 radical (unpaired) electrons. The quantitative estimate of drug-likeness (QED) is 0.0635. The van der Waals surface area contributed by atoms with Crippen LogP contribution in [0.15, 0.2) is 60.7 Å². The molecule has 6 rings (SSSR count). The third-order valence-electron chi connectivity index (χ3n) is 8.98. The second-order valence-corrected chi connectivity index (χ2v) is 13.4. The molecule has 61 heavy (non-hydrogen) atoms. The van der Waals surface area contributed by atoms with E-state index in [4.69, 9.17) is 48.6 Å². The molecule has 0 saturated heterocycles. The number of aliphatic carboxylic acids is 2. The van der Waals surface area contributed by atoms with Gasteiger partial charge in [0, 0.05) is 38.4 Å². The molecule has 0 fully saturated rings. The van der Waals surface area contributed by atoms with Crippen molar-refractivity contribution in [3.05, 3.63) is 83.2 Å². The summed E-state index contributed by atoms with van der Waals surface area (Å²) in [5.41, 5.74) is 4.96. The van der Waals surface area contributed by atoms with E-state index in [9.17, 15) is 29.4 Å². The minimum Gasteiger partial charge on any atom is -0.491 e. The van der Waals surface area contributed by atoms with Gasteiger partial charge in [-0.15, -0.1) is 0 Å². The Kier molecular flexibility index (Phi) is 14.5. The fourth-order valence-electron chi connectivity index (χ4n) is 6.23. The fraction of sp³-hybridized carbons (Fsp3) is 0.317. The Balaban J connectivity index is 1.14. The molecule has 20 nitrogen and oxygen atoms in total. The molecule has 320 valence electrons. The van der Waals surface area contributed by atoms with E-state index < -0.39 is 37.1 Å². The van der Waals surface area contributed by atoms with Crippen molar-refractivity contribution in [2.75, 3.05) is 66.1 Å². The third-order valence-corrected chi connectivity index (χ3v) is 8.98. The molecule has 0 amide bonds. The van der Waals surface area contributed by atoms with E-state index in [1.165, 1.54) is 12.1 Å². The highest BCUT2D eigenvalue weighted by Gasteiger charge is 2.19. The topological polar surface area (TPSA) is 266 Å². The van der Waals surface area contributed by atoms with Crippen molar-refractivity contribution in [1.29, 1.82) is 0 Å². The largest absolute Gasteiger partial charge is 0.491 e. The maximum atomic E-state index is 12.0. The van der Waals surface area contributed by atoms with Crippen molar-refractivity contribution in [2.45, 2.75) is 6.42 Å². The molecule has 2 aromatic carbocycles. The van der Waals surface area contributed by atoms with Crippen LogP contribution in [0.3, 0.4) is 0 Å². The van der Waals surface area contributed by atoms with E-state index in [-0.39, 0.29) is 75.7 Å². The van der Waals surface area contributed by atoms with Crippen molar-refractivity contribution < 1.29 is 68.0 Å². The Morgan fingerprint density at radius 2 is 0.902 bits per heavy atom. The number of hydrogen-bond acceptors (Lipinski definition) is 14. The second kappa shape index (κ2) is 20.3. The van der Waals surface area contributed by atoms with Crippen LogP contribution in [0.4, 0.5) is 0 Å². The van der Waals surface area contributed by atoms with Gasteiger partial charge in [-0.25, -0.2) is 39.1 Å². The van der Waals surface area contributed by atoms with E-state index in [0.717, 1.165) is 22.2 Å². The lowest BCUT2D eigenvalue weighted by Crippen LogP contribution is -2.14. The number of pyridine rings is 2. The Morgan fingerprint density at radius 3 is 1.30 bits per heavy atom. The van der Waals surface area contributed by atoms with E-state index in [1.807, 2.05) is 59.6 Å². The number of carboxylic acid groups (broad SMARTS) is 4. The molecule has 0 spiro atoms. The Morgan fingerprint density at radius 1 is 0.508 bits per heavy atom. The highest BCUT2D eigenvalue weighted by atomic mass is 16.6. The number of rotatable bonds is 24. The highest BCUT2D eigenvalue weighted by molar-refractivity contribution is 5.88. The summed E-state index contributed by atoms with van der Waals surface area (Å²) in [5, 5.41) is 36.8. The molecule has 0 aliphatic heterocycles. The van der Waals surface area contributed by atoms with Gasteiger partial charge in [0.1, 0.15) is 49.3 Å². The average molecular weight is 843 g/mol. The van der Waals surface area contributed by atoms with E-state index in [0.29, 0.717) is 40.5 Å². The summed E-state index contributed by atoms with van der Waals surface area (Å²) in [4.78, 5) is 63.3. The predicted molar refractivity (Wildman–Crippen MR) is 214 cm³/mol. The summed E-state index contributed by atoms with van der Waals surface area (Å²) in [7, 11) is 3.62. The molecule has 4 aromatic heterocycles. The lowest BCUT2D eigenvalue weighted by Gasteiger charge is -2.10. The van der Waals surface area contributed by atoms with Gasteiger partial charge in [-0.1, -0.05) is 12.1 Å². The summed E-state index contributed by atoms with van der Waals surface area (Å²) < 4.78 is 35.8. The van der Waals surface area contributed by atoms with Gasteiger partial charge in [0.25, 0.3) is 0 Å². The summed E-state index contributed by atoms with van der Waals surface area (Å²) in [6.07, 6.45) is 0.528. The normalized spacial score (nSPS) is 11.3. The van der Waals surface area contributed by atoms with Gasteiger partial charge >= 0.3 is 23.9 Å². The zero-order chi connectivity index (χ0) is 43.5. The zero-order valence-corrected chi connectivity index (χ0v) is 33.1. The summed E-state index contributed by atoms with van der Waals surface area (Å²) in [6, 6.07) is 17.5. The number of aromatic nitrogens is 6. The molecule has 20 heteroatoms. The first-order valence-electron chi connectivity index (χ1n) is 18.8. The number of carbonyl (C=O) groups is 4. The van der Waals surface area contributed by atoms with E-state index in [2.05, 4.69) is 9.97 Å². The number of imidazole rings is 2. The number of fused-ring (bicyclic) bond motifs is 2. The summed E-state index contributed by atoms with van der Waals surface area (Å²) in [5.74, 6) is -3.25. The summed E-state index contributed by atoms with van der Waals surface area (Å²) >= 11 is 0. The molecule has 0 aliphatic carbocycles. The first kappa shape index (κ1) is 43.6. The second-order valence-electron chi connectivity index (χ2n) is 13.4. The minimum atomic E-state index is -1.24. The van der Waals surface area contributed by atoms with Crippen LogP contribution >= 0.6 is 0 Å². The van der Waals surface area contributed by atoms with Crippen molar-refractivity contribution in [3.8, 4) is 34.5 Å². The van der Waals surface area contributed by atoms with Gasteiger partial charge in [-0.3, -0.25) is 0 Å². The first-order valence-corrected chi connectivity index (χ1v) is 18.8. The number of nitrogens with zero attached hydrogens (tertiary/aromatic N) is 6. The fourth-order valence-corrected chi connectivity index (χ4v) is 6.23. The number of aromatic carboxylic acids is 2. The van der Waals surface area contributed by atoms with Crippen LogP contribution in [-0.2, 0) is 49.1 Å². The van der Waals surface area contributed by atoms with Gasteiger partial charge in [0.2, 0.25) is 0 Å². The third kappa shape index (κ3) is 11.6. The van der Waals surface area contributed by atoms with Gasteiger partial charge in [0.05, 0.1) is 61.7 Å². The predicted octanol–water partition coefficient (Wildman–Crippen LogP) is 3.56. The van der Waals surface area contributed by atoms with Gasteiger partial charge in [-0.05, 0) is 41.8 Å². The van der Waals surface area contributed by atoms with E-state index >= 15 is 0 Å². The zero-order valence-electron chi connectivity index (χ0n) is 33.1. The monoisotopic (exact) mass is 842 g/mol. The van der Waals surface area contributed by atoms with Gasteiger partial charge in [-0.2, -0.15) is 0 Å². The van der Waals surface area contributed by atoms with Crippen LogP contribution in [0.25, 0.3) is 45.1 Å². The molecular formula is C41H42N6O14. The molecule has 0 aliphatic rings. The van der Waals surface area contributed by atoms with Crippen molar-refractivity contribution in [3.63, 3.8) is 0 Å². The van der Waals surface area contributed by atoms with Gasteiger partial charge < -0.3 is 58.0 Å². The van der Waals surface area contributed by atoms with Crippen molar-refractivity contribution >= 4 is 45.9 Å². The van der Waals surface area contributed by atoms with Gasteiger partial charge in [0.15, 0.2) is 23.0 Å². The number of hydrogen-bond donors (Lipinski definition) is 4. The average Bonchev–Trinajstić information content (AvgIpc) is 3.74. The maximum absolute atomic E-state index is 12.0. The highest BCUT2D eigenvalue weighted by Crippen LogP contribution is 2.30. The van der Waals surface area contributed by atoms with Crippen LogP contribution in [0.1, 0.15) is 32.1 Å². The number of carboxylic acids is 4. The smallest absolute Gasteiger partial charge is 0.354 e. The molecule has 0 atom stereocenters. The van der Waals surface area contributed by atoms with Crippen LogP contribution in [0.5, 0.6) is 11.5 Å². The standard InChI is InChI=1S/C41H42N6O14/c1-46-34-5-3-24(16-28(34)44-38(46)30-18-26(20-32(42-30)40(52)53)60-13-11-56-7-9-58-22-36(48)49)15-25-4-6-35-29(17-25)45-39(47(35)2)31-19-27(21-33(43-31)41(54)55)61-14-12-57-8-10-59-23-37(50)51/h3-6,16-21H,7-15,22-23H2,1-2H3,(H,48,49)(H,50,51)(H,52,53)(H,54,55). The van der Waals surface area contributed by atoms with Crippen molar-refractivity contribution in [2.24, 2.45) is 14.1 Å². The van der Waals surface area contributed by atoms with Crippen LogP contribution < -0.4 is 9.47 Å². The maximum Gasteiger partial charge on any atom is 0.354 e. The Bertz CT molecular complexity index is 2380. The lowest BCUT2D eigenvalue weighted by atomic mass is 10.0. The number of ether oxygens (including phenoxy) is 6. The molecule has 0 saturated carbocycles. The number of benzene rings is 2. The molecule has 0 unspecified atom stereocenters. The molecule has 0 bridgehead atoms. The van der Waals surface area contributed by atoms with Crippen LogP contribution in [0, 0.1) is 0 Å². The summed E-state index contributed by atoms with van der Waals surface area (Å²) in [6.45, 7) is 0.200. The number of aryl methyl sites for hydroxylation is 2. The minimum absolute atomic E-state index is 0.0959. The molecule has 4 N–H and O–H groups in total. The molecular weight excluding hydrogens is 800 g/mol. The van der Waals surface area contributed by atoms with E-state index in [1.54, 1.807) is 12.1 Å². The van der Waals surface area contributed by atoms with Crippen LogP contribution in [-0.4, -0.2) is 139 Å². The molecule has 4 heterocycles. The van der Waals surface area contributed by atoms with Crippen LogP contribution in [0.2, 0.25) is 0 Å². The Labute approximate surface area is 346 Å². The molecule has 6 aromatic rings. The Hall–Kier alpha value is -7.00.